The molecule has 7 heteroatoms. The normalized spacial score (nSPS) is 18.9. The average molecular weight is 282 g/mol. The van der Waals surface area contributed by atoms with Crippen molar-refractivity contribution in [2.75, 3.05) is 19.7 Å². The van der Waals surface area contributed by atoms with Crippen molar-refractivity contribution < 1.29 is 14.6 Å². The third-order valence-electron chi connectivity index (χ3n) is 3.55. The fraction of sp³-hybridized carbons (Fsp3) is 0.769. The summed E-state index contributed by atoms with van der Waals surface area (Å²) in [5.41, 5.74) is -0.955. The van der Waals surface area contributed by atoms with Gasteiger partial charge in [0.2, 0.25) is 0 Å². The van der Waals surface area contributed by atoms with E-state index in [1.807, 2.05) is 20.8 Å². The van der Waals surface area contributed by atoms with Crippen LogP contribution in [0.2, 0.25) is 0 Å². The van der Waals surface area contributed by atoms with Crippen molar-refractivity contribution in [3.63, 3.8) is 0 Å². The molecule has 1 aromatic heterocycles. The van der Waals surface area contributed by atoms with E-state index in [9.17, 15) is 9.90 Å². The van der Waals surface area contributed by atoms with Gasteiger partial charge in [-0.3, -0.25) is 0 Å². The van der Waals surface area contributed by atoms with Crippen LogP contribution in [0.3, 0.4) is 0 Å². The summed E-state index contributed by atoms with van der Waals surface area (Å²) < 4.78 is 7.05. The van der Waals surface area contributed by atoms with Gasteiger partial charge < -0.3 is 14.7 Å². The predicted molar refractivity (Wildman–Crippen MR) is 72.1 cm³/mol. The molecule has 1 aliphatic heterocycles. The first-order chi connectivity index (χ1) is 9.36. The van der Waals surface area contributed by atoms with Crippen LogP contribution < -0.4 is 0 Å². The van der Waals surface area contributed by atoms with Gasteiger partial charge in [-0.25, -0.2) is 9.48 Å². The maximum atomic E-state index is 12.0. The highest BCUT2D eigenvalue weighted by Gasteiger charge is 2.38. The lowest BCUT2D eigenvalue weighted by atomic mass is 9.88. The van der Waals surface area contributed by atoms with Crippen molar-refractivity contribution in [1.82, 2.24) is 19.9 Å². The molecule has 0 radical (unpaired) electrons. The predicted octanol–water partition coefficient (Wildman–Crippen LogP) is 0.997. The first-order valence-corrected chi connectivity index (χ1v) is 6.82. The standard InChI is InChI=1S/C13H22N4O3/c1-12(2,3)20-11(19)16-7-4-13(10-18,5-8-16)17-9-6-14-15-17/h6,9,18H,4-5,7-8,10H2,1-3H3. The molecule has 0 aliphatic carbocycles. The number of hydrogen-bond acceptors (Lipinski definition) is 5. The van der Waals surface area contributed by atoms with Crippen LogP contribution >= 0.6 is 0 Å². The van der Waals surface area contributed by atoms with E-state index < -0.39 is 11.1 Å². The molecule has 1 saturated heterocycles. The molecule has 7 nitrogen and oxygen atoms in total. The topological polar surface area (TPSA) is 80.5 Å². The molecular formula is C13H22N4O3. The molecule has 1 N–H and O–H groups in total. The number of piperidine rings is 1. The maximum Gasteiger partial charge on any atom is 0.410 e. The molecule has 1 aliphatic rings. The van der Waals surface area contributed by atoms with Crippen LogP contribution in [0.4, 0.5) is 4.79 Å². The van der Waals surface area contributed by atoms with Crippen molar-refractivity contribution in [1.29, 1.82) is 0 Å². The molecular weight excluding hydrogens is 260 g/mol. The Morgan fingerprint density at radius 2 is 2.05 bits per heavy atom. The Bertz CT molecular complexity index is 445. The molecule has 2 heterocycles. The zero-order valence-electron chi connectivity index (χ0n) is 12.2. The lowest BCUT2D eigenvalue weighted by molar-refractivity contribution is -0.000233. The molecule has 1 aromatic rings. The summed E-state index contributed by atoms with van der Waals surface area (Å²) in [6.07, 6.45) is 4.30. The number of aliphatic hydroxyl groups is 1. The van der Waals surface area contributed by atoms with Gasteiger partial charge >= 0.3 is 6.09 Å². The Balaban J connectivity index is 1.99. The highest BCUT2D eigenvalue weighted by Crippen LogP contribution is 2.29. The van der Waals surface area contributed by atoms with Gasteiger partial charge in [-0.05, 0) is 33.6 Å². The first kappa shape index (κ1) is 14.8. The smallest absolute Gasteiger partial charge is 0.410 e. The summed E-state index contributed by atoms with van der Waals surface area (Å²) in [4.78, 5) is 13.7. The Hall–Kier alpha value is -1.63. The number of nitrogens with zero attached hydrogens (tertiary/aromatic N) is 4. The molecule has 1 amide bonds. The van der Waals surface area contributed by atoms with Gasteiger partial charge in [-0.2, -0.15) is 0 Å². The second-order valence-electron chi connectivity index (χ2n) is 6.20. The summed E-state index contributed by atoms with van der Waals surface area (Å²) >= 11 is 0. The van der Waals surface area contributed by atoms with Gasteiger partial charge in [0, 0.05) is 19.3 Å². The van der Waals surface area contributed by atoms with Crippen molar-refractivity contribution in [3.8, 4) is 0 Å². The lowest BCUT2D eigenvalue weighted by Gasteiger charge is -2.40. The van der Waals surface area contributed by atoms with Crippen LogP contribution in [-0.4, -0.2) is 56.4 Å². The minimum absolute atomic E-state index is 0.0154. The fourth-order valence-corrected chi connectivity index (χ4v) is 2.35. The third kappa shape index (κ3) is 3.09. The third-order valence-corrected chi connectivity index (χ3v) is 3.55. The van der Waals surface area contributed by atoms with E-state index in [1.165, 1.54) is 0 Å². The van der Waals surface area contributed by atoms with Crippen LogP contribution in [0.25, 0.3) is 0 Å². The van der Waals surface area contributed by atoms with E-state index in [0.717, 1.165) is 0 Å². The summed E-state index contributed by atoms with van der Waals surface area (Å²) in [6, 6.07) is 0. The van der Waals surface area contributed by atoms with Gasteiger partial charge in [-0.15, -0.1) is 5.10 Å². The summed E-state index contributed by atoms with van der Waals surface area (Å²) in [5, 5.41) is 17.5. The Morgan fingerprint density at radius 3 is 2.50 bits per heavy atom. The molecule has 0 saturated carbocycles. The molecule has 2 rings (SSSR count). The SMILES string of the molecule is CC(C)(C)OC(=O)N1CCC(CO)(n2ccnn2)CC1. The first-order valence-electron chi connectivity index (χ1n) is 6.82. The molecule has 0 spiro atoms. The number of hydrogen-bond donors (Lipinski definition) is 1. The zero-order chi connectivity index (χ0) is 14.8. The van der Waals surface area contributed by atoms with E-state index in [0.29, 0.717) is 25.9 Å². The number of carbonyl (C=O) groups excluding carboxylic acids is 1. The molecule has 20 heavy (non-hydrogen) atoms. The van der Waals surface area contributed by atoms with Gasteiger partial charge in [0.05, 0.1) is 18.3 Å². The number of carbonyl (C=O) groups is 1. The summed E-state index contributed by atoms with van der Waals surface area (Å²) in [7, 11) is 0. The van der Waals surface area contributed by atoms with E-state index in [2.05, 4.69) is 10.3 Å². The fourth-order valence-electron chi connectivity index (χ4n) is 2.35. The molecule has 0 bridgehead atoms. The van der Waals surface area contributed by atoms with Crippen molar-refractivity contribution >= 4 is 6.09 Å². The average Bonchev–Trinajstić information content (AvgIpc) is 2.91. The minimum atomic E-state index is -0.492. The lowest BCUT2D eigenvalue weighted by Crippen LogP contribution is -2.51. The van der Waals surface area contributed by atoms with E-state index in [-0.39, 0.29) is 12.7 Å². The van der Waals surface area contributed by atoms with Crippen LogP contribution in [0, 0.1) is 0 Å². The van der Waals surface area contributed by atoms with Gasteiger partial charge in [0.1, 0.15) is 5.60 Å². The van der Waals surface area contributed by atoms with Crippen LogP contribution in [0.5, 0.6) is 0 Å². The number of likely N-dealkylation sites (tertiary alicyclic amines) is 1. The highest BCUT2D eigenvalue weighted by molar-refractivity contribution is 5.68. The second kappa shape index (κ2) is 5.40. The van der Waals surface area contributed by atoms with Crippen molar-refractivity contribution in [2.24, 2.45) is 0 Å². The molecule has 0 unspecified atom stereocenters. The Kier molecular flexibility index (Phi) is 3.99. The maximum absolute atomic E-state index is 12.0. The van der Waals surface area contributed by atoms with Crippen molar-refractivity contribution in [3.05, 3.63) is 12.4 Å². The number of rotatable bonds is 2. The molecule has 0 aromatic carbocycles. The molecule has 0 atom stereocenters. The van der Waals surface area contributed by atoms with Gasteiger partial charge in [0.15, 0.2) is 0 Å². The number of aromatic nitrogens is 3. The van der Waals surface area contributed by atoms with Gasteiger partial charge in [0.25, 0.3) is 0 Å². The summed E-state index contributed by atoms with van der Waals surface area (Å²) in [6.45, 7) is 6.61. The van der Waals surface area contributed by atoms with Crippen LogP contribution in [-0.2, 0) is 10.3 Å². The number of ether oxygens (including phenoxy) is 1. The van der Waals surface area contributed by atoms with Crippen molar-refractivity contribution in [2.45, 2.75) is 44.8 Å². The Morgan fingerprint density at radius 1 is 1.40 bits per heavy atom. The van der Waals surface area contributed by atoms with E-state index >= 15 is 0 Å². The Labute approximate surface area is 118 Å². The van der Waals surface area contributed by atoms with Gasteiger partial charge in [-0.1, -0.05) is 5.21 Å². The number of aliphatic hydroxyl groups excluding tert-OH is 1. The van der Waals surface area contributed by atoms with E-state index in [1.54, 1.807) is 22.0 Å². The minimum Gasteiger partial charge on any atom is -0.444 e. The van der Waals surface area contributed by atoms with E-state index in [4.69, 9.17) is 4.74 Å². The van der Waals surface area contributed by atoms with Crippen LogP contribution in [0.1, 0.15) is 33.6 Å². The highest BCUT2D eigenvalue weighted by atomic mass is 16.6. The quantitative estimate of drug-likeness (QED) is 0.875. The molecule has 1 fully saturated rings. The van der Waals surface area contributed by atoms with Crippen LogP contribution in [0.15, 0.2) is 12.4 Å². The monoisotopic (exact) mass is 282 g/mol. The summed E-state index contributed by atoms with van der Waals surface area (Å²) in [5.74, 6) is 0. The largest absolute Gasteiger partial charge is 0.444 e. The zero-order valence-corrected chi connectivity index (χ0v) is 12.2. The second-order valence-corrected chi connectivity index (χ2v) is 6.20. The molecule has 112 valence electrons. The number of amides is 1.